The molecular formula is C13H15N3O3S. The number of thiophene rings is 1. The van der Waals surface area contributed by atoms with Crippen LogP contribution in [0.4, 0.5) is 5.82 Å². The molecule has 6 nitrogen and oxygen atoms in total. The second-order valence-electron chi connectivity index (χ2n) is 4.36. The number of anilines is 1. The van der Waals surface area contributed by atoms with Crippen molar-refractivity contribution in [2.45, 2.75) is 19.9 Å². The first-order valence-electron chi connectivity index (χ1n) is 6.06. The van der Waals surface area contributed by atoms with Gasteiger partial charge in [-0.15, -0.1) is 11.3 Å². The van der Waals surface area contributed by atoms with Crippen molar-refractivity contribution in [3.63, 3.8) is 0 Å². The van der Waals surface area contributed by atoms with Crippen LogP contribution in [0.1, 0.15) is 39.2 Å². The molecule has 1 amide bonds. The van der Waals surface area contributed by atoms with Gasteiger partial charge >= 0.3 is 5.97 Å². The van der Waals surface area contributed by atoms with Crippen molar-refractivity contribution in [1.82, 2.24) is 9.78 Å². The van der Waals surface area contributed by atoms with Crippen LogP contribution in [0, 0.1) is 0 Å². The van der Waals surface area contributed by atoms with Crippen LogP contribution in [0.25, 0.3) is 0 Å². The SMILES string of the molecule is COC(=O)c1ccc(C(=O)Nc2ccnn2C(C)C)s1. The number of rotatable bonds is 4. The Bertz CT molecular complexity index is 630. The number of hydrogen-bond donors (Lipinski definition) is 1. The van der Waals surface area contributed by atoms with Gasteiger partial charge in [0.15, 0.2) is 0 Å². The summed E-state index contributed by atoms with van der Waals surface area (Å²) in [5.41, 5.74) is 0. The molecule has 0 aliphatic heterocycles. The minimum Gasteiger partial charge on any atom is -0.465 e. The van der Waals surface area contributed by atoms with Gasteiger partial charge in [0.2, 0.25) is 0 Å². The normalized spacial score (nSPS) is 10.6. The van der Waals surface area contributed by atoms with Crippen LogP contribution in [-0.2, 0) is 4.74 Å². The number of ether oxygens (including phenoxy) is 1. The average molecular weight is 293 g/mol. The van der Waals surface area contributed by atoms with E-state index in [0.717, 1.165) is 11.3 Å². The number of aromatic nitrogens is 2. The van der Waals surface area contributed by atoms with Crippen LogP contribution in [0.5, 0.6) is 0 Å². The van der Waals surface area contributed by atoms with Crippen molar-refractivity contribution in [2.24, 2.45) is 0 Å². The lowest BCUT2D eigenvalue weighted by Crippen LogP contribution is -2.15. The molecule has 0 saturated carbocycles. The van der Waals surface area contributed by atoms with E-state index >= 15 is 0 Å². The van der Waals surface area contributed by atoms with E-state index in [1.807, 2.05) is 13.8 Å². The third kappa shape index (κ3) is 2.88. The Morgan fingerprint density at radius 1 is 1.30 bits per heavy atom. The topological polar surface area (TPSA) is 73.2 Å². The van der Waals surface area contributed by atoms with Crippen LogP contribution in [0.15, 0.2) is 24.4 Å². The van der Waals surface area contributed by atoms with Gasteiger partial charge in [0.1, 0.15) is 10.7 Å². The van der Waals surface area contributed by atoms with Gasteiger partial charge in [-0.2, -0.15) is 5.10 Å². The molecule has 0 bridgehead atoms. The number of carbonyl (C=O) groups is 2. The molecule has 106 valence electrons. The molecule has 0 aromatic carbocycles. The molecule has 7 heteroatoms. The molecule has 2 rings (SSSR count). The second-order valence-corrected chi connectivity index (χ2v) is 5.45. The highest BCUT2D eigenvalue weighted by atomic mass is 32.1. The zero-order valence-electron chi connectivity index (χ0n) is 11.4. The molecule has 0 aliphatic carbocycles. The predicted molar refractivity (Wildman–Crippen MR) is 76.2 cm³/mol. The van der Waals surface area contributed by atoms with Gasteiger partial charge in [0, 0.05) is 12.1 Å². The first-order chi connectivity index (χ1) is 9.52. The molecule has 0 fully saturated rings. The van der Waals surface area contributed by atoms with E-state index in [1.54, 1.807) is 29.1 Å². The van der Waals surface area contributed by atoms with Gasteiger partial charge in [-0.3, -0.25) is 4.79 Å². The molecule has 2 aromatic heterocycles. The van der Waals surface area contributed by atoms with E-state index in [9.17, 15) is 9.59 Å². The largest absolute Gasteiger partial charge is 0.465 e. The lowest BCUT2D eigenvalue weighted by molar-refractivity contribution is 0.0606. The minimum absolute atomic E-state index is 0.147. The molecule has 0 atom stereocenters. The van der Waals surface area contributed by atoms with Gasteiger partial charge in [-0.1, -0.05) is 0 Å². The van der Waals surface area contributed by atoms with E-state index < -0.39 is 5.97 Å². The van der Waals surface area contributed by atoms with E-state index in [2.05, 4.69) is 15.2 Å². The zero-order chi connectivity index (χ0) is 14.7. The smallest absolute Gasteiger partial charge is 0.348 e. The monoisotopic (exact) mass is 293 g/mol. The summed E-state index contributed by atoms with van der Waals surface area (Å²) in [6, 6.07) is 5.05. The van der Waals surface area contributed by atoms with Crippen LogP contribution >= 0.6 is 11.3 Å². The van der Waals surface area contributed by atoms with Gasteiger partial charge < -0.3 is 10.1 Å². The Kier molecular flexibility index (Phi) is 4.19. The number of amides is 1. The van der Waals surface area contributed by atoms with E-state index in [4.69, 9.17) is 0 Å². The van der Waals surface area contributed by atoms with Gasteiger partial charge in [0.25, 0.3) is 5.91 Å². The fraction of sp³-hybridized carbons (Fsp3) is 0.308. The molecular weight excluding hydrogens is 278 g/mol. The fourth-order valence-corrected chi connectivity index (χ4v) is 2.49. The number of hydrogen-bond acceptors (Lipinski definition) is 5. The van der Waals surface area contributed by atoms with Crippen LogP contribution in [0.2, 0.25) is 0 Å². The van der Waals surface area contributed by atoms with Crippen LogP contribution in [0.3, 0.4) is 0 Å². The van der Waals surface area contributed by atoms with E-state index in [1.165, 1.54) is 7.11 Å². The summed E-state index contributed by atoms with van der Waals surface area (Å²) in [6.07, 6.45) is 1.63. The maximum Gasteiger partial charge on any atom is 0.348 e. The minimum atomic E-state index is -0.443. The molecule has 20 heavy (non-hydrogen) atoms. The highest BCUT2D eigenvalue weighted by Gasteiger charge is 2.16. The summed E-state index contributed by atoms with van der Waals surface area (Å²) in [5, 5.41) is 6.92. The first kappa shape index (κ1) is 14.3. The lowest BCUT2D eigenvalue weighted by Gasteiger charge is -2.11. The van der Waals surface area contributed by atoms with Crippen molar-refractivity contribution in [3.8, 4) is 0 Å². The Labute approximate surface area is 120 Å². The number of nitrogens with zero attached hydrogens (tertiary/aromatic N) is 2. The maximum absolute atomic E-state index is 12.1. The number of methoxy groups -OCH3 is 1. The molecule has 0 aliphatic rings. The van der Waals surface area contributed by atoms with E-state index in [-0.39, 0.29) is 11.9 Å². The standard InChI is InChI=1S/C13H15N3O3S/c1-8(2)16-11(6-7-14-16)15-12(17)9-4-5-10(20-9)13(18)19-3/h4-8H,1-3H3,(H,15,17). The number of nitrogens with one attached hydrogen (secondary N) is 1. The molecule has 0 saturated heterocycles. The highest BCUT2D eigenvalue weighted by Crippen LogP contribution is 2.20. The number of esters is 1. The van der Waals surface area contributed by atoms with Crippen molar-refractivity contribution in [2.75, 3.05) is 12.4 Å². The van der Waals surface area contributed by atoms with Crippen molar-refractivity contribution in [1.29, 1.82) is 0 Å². The third-order valence-electron chi connectivity index (χ3n) is 2.62. The molecule has 2 heterocycles. The summed E-state index contributed by atoms with van der Waals surface area (Å²) in [5.74, 6) is -0.0909. The molecule has 2 aromatic rings. The van der Waals surface area contributed by atoms with Crippen LogP contribution in [-0.4, -0.2) is 28.8 Å². The zero-order valence-corrected chi connectivity index (χ0v) is 12.2. The molecule has 1 N–H and O–H groups in total. The van der Waals surface area contributed by atoms with Crippen LogP contribution < -0.4 is 5.32 Å². The first-order valence-corrected chi connectivity index (χ1v) is 6.87. The molecule has 0 radical (unpaired) electrons. The maximum atomic E-state index is 12.1. The van der Waals surface area contributed by atoms with Gasteiger partial charge in [-0.25, -0.2) is 9.48 Å². The Morgan fingerprint density at radius 3 is 2.65 bits per heavy atom. The summed E-state index contributed by atoms with van der Waals surface area (Å²) in [6.45, 7) is 3.95. The fourth-order valence-electron chi connectivity index (χ4n) is 1.67. The third-order valence-corrected chi connectivity index (χ3v) is 3.68. The number of carbonyl (C=O) groups excluding carboxylic acids is 2. The Hall–Kier alpha value is -2.15. The summed E-state index contributed by atoms with van der Waals surface area (Å²) >= 11 is 1.09. The summed E-state index contributed by atoms with van der Waals surface area (Å²) in [7, 11) is 1.31. The van der Waals surface area contributed by atoms with Crippen molar-refractivity contribution >= 4 is 29.0 Å². The van der Waals surface area contributed by atoms with Gasteiger partial charge in [-0.05, 0) is 26.0 Å². The van der Waals surface area contributed by atoms with E-state index in [0.29, 0.717) is 15.6 Å². The quantitative estimate of drug-likeness (QED) is 0.879. The molecule has 0 unspecified atom stereocenters. The Morgan fingerprint density at radius 2 is 2.00 bits per heavy atom. The Balaban J connectivity index is 2.14. The van der Waals surface area contributed by atoms with Crippen molar-refractivity contribution in [3.05, 3.63) is 34.2 Å². The summed E-state index contributed by atoms with van der Waals surface area (Å²) < 4.78 is 6.33. The van der Waals surface area contributed by atoms with Gasteiger partial charge in [0.05, 0.1) is 18.2 Å². The highest BCUT2D eigenvalue weighted by molar-refractivity contribution is 7.16. The van der Waals surface area contributed by atoms with Crippen molar-refractivity contribution < 1.29 is 14.3 Å². The lowest BCUT2D eigenvalue weighted by atomic mass is 10.4. The second kappa shape index (κ2) is 5.87. The average Bonchev–Trinajstić information content (AvgIpc) is 3.06. The molecule has 0 spiro atoms. The predicted octanol–water partition coefficient (Wildman–Crippen LogP) is 2.56. The summed E-state index contributed by atoms with van der Waals surface area (Å²) in [4.78, 5) is 24.3.